The van der Waals surface area contributed by atoms with Gasteiger partial charge in [-0.1, -0.05) is 37.3 Å². The number of benzene rings is 1. The first-order valence-electron chi connectivity index (χ1n) is 10.3. The SMILES string of the molecule is CCN(Cc1ccccc1)C(=O)Cn1cccc(S(=O)(=O)N2CCC(C)CC2)c1=O. The van der Waals surface area contributed by atoms with Crippen LogP contribution in [-0.2, 0) is 27.9 Å². The van der Waals surface area contributed by atoms with Crippen molar-refractivity contribution >= 4 is 15.9 Å². The van der Waals surface area contributed by atoms with Gasteiger partial charge in [0.25, 0.3) is 5.56 Å². The summed E-state index contributed by atoms with van der Waals surface area (Å²) in [6.07, 6.45) is 3.03. The summed E-state index contributed by atoms with van der Waals surface area (Å²) in [4.78, 5) is 27.1. The lowest BCUT2D eigenvalue weighted by molar-refractivity contribution is -0.132. The number of hydrogen-bond acceptors (Lipinski definition) is 4. The number of amides is 1. The van der Waals surface area contributed by atoms with Crippen molar-refractivity contribution in [3.63, 3.8) is 0 Å². The molecule has 0 unspecified atom stereocenters. The monoisotopic (exact) mass is 431 g/mol. The minimum absolute atomic E-state index is 0.195. The van der Waals surface area contributed by atoms with Crippen molar-refractivity contribution in [2.24, 2.45) is 5.92 Å². The van der Waals surface area contributed by atoms with Gasteiger partial charge in [0.1, 0.15) is 11.4 Å². The molecule has 162 valence electrons. The highest BCUT2D eigenvalue weighted by molar-refractivity contribution is 7.89. The summed E-state index contributed by atoms with van der Waals surface area (Å²) in [6, 6.07) is 12.5. The molecule has 1 fully saturated rings. The summed E-state index contributed by atoms with van der Waals surface area (Å²) in [5.74, 6) is 0.246. The fourth-order valence-electron chi connectivity index (χ4n) is 3.63. The summed E-state index contributed by atoms with van der Waals surface area (Å²) < 4.78 is 28.6. The Labute approximate surface area is 178 Å². The Balaban J connectivity index is 1.79. The first-order chi connectivity index (χ1) is 14.3. The maximum absolute atomic E-state index is 13.0. The summed E-state index contributed by atoms with van der Waals surface area (Å²) in [5, 5.41) is 0. The van der Waals surface area contributed by atoms with Crippen LogP contribution in [0.2, 0.25) is 0 Å². The van der Waals surface area contributed by atoms with Gasteiger partial charge >= 0.3 is 0 Å². The molecule has 1 aliphatic rings. The zero-order valence-electron chi connectivity index (χ0n) is 17.5. The lowest BCUT2D eigenvalue weighted by atomic mass is 10.0. The highest BCUT2D eigenvalue weighted by Crippen LogP contribution is 2.21. The van der Waals surface area contributed by atoms with Gasteiger partial charge in [-0.3, -0.25) is 9.59 Å². The molecule has 0 bridgehead atoms. The van der Waals surface area contributed by atoms with Crippen molar-refractivity contribution in [3.05, 3.63) is 64.6 Å². The number of aromatic nitrogens is 1. The molecule has 1 amide bonds. The largest absolute Gasteiger partial charge is 0.337 e. The van der Waals surface area contributed by atoms with E-state index in [1.165, 1.54) is 27.2 Å². The highest BCUT2D eigenvalue weighted by atomic mass is 32.2. The predicted octanol–water partition coefficient (Wildman–Crippen LogP) is 2.32. The van der Waals surface area contributed by atoms with Crippen molar-refractivity contribution in [2.45, 2.75) is 44.7 Å². The third-order valence-electron chi connectivity index (χ3n) is 5.60. The van der Waals surface area contributed by atoms with Gasteiger partial charge in [0.05, 0.1) is 0 Å². The quantitative estimate of drug-likeness (QED) is 0.674. The maximum Gasteiger partial charge on any atom is 0.271 e. The van der Waals surface area contributed by atoms with E-state index in [0.29, 0.717) is 32.1 Å². The van der Waals surface area contributed by atoms with Crippen LogP contribution in [0.25, 0.3) is 0 Å². The molecule has 3 rings (SSSR count). The van der Waals surface area contributed by atoms with Gasteiger partial charge < -0.3 is 9.47 Å². The Morgan fingerprint density at radius 3 is 2.40 bits per heavy atom. The normalized spacial score (nSPS) is 15.8. The van der Waals surface area contributed by atoms with Crippen LogP contribution < -0.4 is 5.56 Å². The number of nitrogens with zero attached hydrogens (tertiary/aromatic N) is 3. The molecule has 2 aromatic rings. The molecule has 0 spiro atoms. The van der Waals surface area contributed by atoms with Crippen LogP contribution in [0.4, 0.5) is 0 Å². The first-order valence-corrected chi connectivity index (χ1v) is 11.8. The van der Waals surface area contributed by atoms with Gasteiger partial charge in [0, 0.05) is 32.4 Å². The van der Waals surface area contributed by atoms with Gasteiger partial charge in [-0.2, -0.15) is 4.31 Å². The molecular weight excluding hydrogens is 402 g/mol. The van der Waals surface area contributed by atoms with Crippen LogP contribution in [-0.4, -0.2) is 47.7 Å². The fraction of sp³-hybridized carbons (Fsp3) is 0.455. The van der Waals surface area contributed by atoms with E-state index < -0.39 is 15.6 Å². The van der Waals surface area contributed by atoms with Crippen LogP contribution >= 0.6 is 0 Å². The Hall–Kier alpha value is -2.45. The Morgan fingerprint density at radius 1 is 1.10 bits per heavy atom. The molecule has 0 aliphatic carbocycles. The van der Waals surface area contributed by atoms with Crippen molar-refractivity contribution in [3.8, 4) is 0 Å². The lowest BCUT2D eigenvalue weighted by Crippen LogP contribution is -2.42. The van der Waals surface area contributed by atoms with Crippen molar-refractivity contribution < 1.29 is 13.2 Å². The van der Waals surface area contributed by atoms with Crippen LogP contribution in [0.15, 0.2) is 58.4 Å². The summed E-state index contributed by atoms with van der Waals surface area (Å²) in [7, 11) is -3.87. The molecule has 2 heterocycles. The van der Waals surface area contributed by atoms with E-state index in [2.05, 4.69) is 6.92 Å². The number of rotatable bonds is 7. The maximum atomic E-state index is 13.0. The standard InChI is InChI=1S/C22H29N3O4S/c1-3-23(16-19-8-5-4-6-9-19)21(26)17-24-13-7-10-20(22(24)27)30(28,29)25-14-11-18(2)12-15-25/h4-10,13,18H,3,11-12,14-17H2,1-2H3. The van der Waals surface area contributed by atoms with Crippen molar-refractivity contribution in [1.82, 2.24) is 13.8 Å². The molecule has 1 aromatic heterocycles. The summed E-state index contributed by atoms with van der Waals surface area (Å²) in [6.45, 7) is 5.54. The van der Waals surface area contributed by atoms with E-state index in [1.54, 1.807) is 4.90 Å². The number of piperidine rings is 1. The zero-order valence-corrected chi connectivity index (χ0v) is 18.3. The minimum Gasteiger partial charge on any atom is -0.337 e. The average molecular weight is 432 g/mol. The number of likely N-dealkylation sites (N-methyl/N-ethyl adjacent to an activating group) is 1. The summed E-state index contributed by atoms with van der Waals surface area (Å²) in [5.41, 5.74) is 0.343. The Kier molecular flexibility index (Phi) is 7.10. The highest BCUT2D eigenvalue weighted by Gasteiger charge is 2.30. The number of hydrogen-bond donors (Lipinski definition) is 0. The average Bonchev–Trinajstić information content (AvgIpc) is 2.74. The predicted molar refractivity (Wildman–Crippen MR) is 115 cm³/mol. The van der Waals surface area contributed by atoms with Gasteiger partial charge in [-0.05, 0) is 43.4 Å². The van der Waals surface area contributed by atoms with Crippen LogP contribution in [0.3, 0.4) is 0 Å². The smallest absolute Gasteiger partial charge is 0.271 e. The van der Waals surface area contributed by atoms with E-state index in [9.17, 15) is 18.0 Å². The molecule has 1 saturated heterocycles. The third-order valence-corrected chi connectivity index (χ3v) is 7.51. The molecule has 8 heteroatoms. The molecule has 30 heavy (non-hydrogen) atoms. The Bertz CT molecular complexity index is 1030. The van der Waals surface area contributed by atoms with Crippen molar-refractivity contribution in [1.29, 1.82) is 0 Å². The number of carbonyl (C=O) groups is 1. The lowest BCUT2D eigenvalue weighted by Gasteiger charge is -2.29. The van der Waals surface area contributed by atoms with Gasteiger partial charge in [-0.15, -0.1) is 0 Å². The molecule has 0 N–H and O–H groups in total. The van der Waals surface area contributed by atoms with Crippen LogP contribution in [0.5, 0.6) is 0 Å². The van der Waals surface area contributed by atoms with Gasteiger partial charge in [-0.25, -0.2) is 8.42 Å². The molecule has 0 atom stereocenters. The van der Waals surface area contributed by atoms with Gasteiger partial charge in [0.15, 0.2) is 0 Å². The Morgan fingerprint density at radius 2 is 1.77 bits per heavy atom. The minimum atomic E-state index is -3.87. The molecule has 7 nitrogen and oxygen atoms in total. The first kappa shape index (κ1) is 22.2. The number of sulfonamides is 1. The topological polar surface area (TPSA) is 79.7 Å². The van der Waals surface area contributed by atoms with Gasteiger partial charge in [0.2, 0.25) is 15.9 Å². The molecule has 1 aliphatic heterocycles. The number of carbonyl (C=O) groups excluding carboxylic acids is 1. The van der Waals surface area contributed by atoms with E-state index in [1.807, 2.05) is 37.3 Å². The zero-order chi connectivity index (χ0) is 21.7. The molecule has 0 radical (unpaired) electrons. The van der Waals surface area contributed by atoms with E-state index in [0.717, 1.165) is 18.4 Å². The molecular formula is C22H29N3O4S. The second-order valence-corrected chi connectivity index (χ2v) is 9.69. The second-order valence-electron chi connectivity index (χ2n) is 7.79. The number of pyridine rings is 1. The second kappa shape index (κ2) is 9.57. The van der Waals surface area contributed by atoms with Crippen LogP contribution in [0.1, 0.15) is 32.3 Å². The van der Waals surface area contributed by atoms with E-state index in [4.69, 9.17) is 0 Å². The van der Waals surface area contributed by atoms with E-state index >= 15 is 0 Å². The van der Waals surface area contributed by atoms with E-state index in [-0.39, 0.29) is 17.3 Å². The molecule has 1 aromatic carbocycles. The fourth-order valence-corrected chi connectivity index (χ4v) is 5.18. The van der Waals surface area contributed by atoms with Crippen molar-refractivity contribution in [2.75, 3.05) is 19.6 Å². The summed E-state index contributed by atoms with van der Waals surface area (Å²) >= 11 is 0. The van der Waals surface area contributed by atoms with Crippen LogP contribution in [0, 0.1) is 5.92 Å². The molecule has 0 saturated carbocycles. The third kappa shape index (κ3) is 4.99.